The Labute approximate surface area is 178 Å². The van der Waals surface area contributed by atoms with E-state index in [0.717, 1.165) is 11.1 Å². The molecule has 0 N–H and O–H groups in total. The number of carbonyl (C=O) groups excluding carboxylic acids is 1. The van der Waals surface area contributed by atoms with E-state index in [9.17, 15) is 13.2 Å². The predicted octanol–water partition coefficient (Wildman–Crippen LogP) is 3.46. The third kappa shape index (κ3) is 4.03. The van der Waals surface area contributed by atoms with Crippen molar-refractivity contribution in [3.8, 4) is 11.4 Å². The maximum absolute atomic E-state index is 12.4. The number of ether oxygens (including phenoxy) is 1. The van der Waals surface area contributed by atoms with Crippen LogP contribution in [0, 0.1) is 0 Å². The van der Waals surface area contributed by atoms with Gasteiger partial charge in [0.25, 0.3) is 5.89 Å². The first kappa shape index (κ1) is 20.4. The van der Waals surface area contributed by atoms with Crippen molar-refractivity contribution in [1.29, 1.82) is 0 Å². The number of hydrogen-bond acceptors (Lipinski definition) is 7. The number of aromatic nitrogens is 2. The first-order valence-electron chi connectivity index (χ1n) is 9.10. The highest BCUT2D eigenvalue weighted by Gasteiger charge is 2.33. The Bertz CT molecular complexity index is 1210. The summed E-state index contributed by atoms with van der Waals surface area (Å²) in [5, 5.41) is 4.47. The number of fused-ring (bicyclic) bond motifs is 1. The first-order chi connectivity index (χ1) is 14.2. The van der Waals surface area contributed by atoms with Crippen molar-refractivity contribution >= 4 is 33.3 Å². The van der Waals surface area contributed by atoms with Crippen molar-refractivity contribution in [1.82, 2.24) is 10.1 Å². The Kier molecular flexibility index (Phi) is 5.25. The summed E-state index contributed by atoms with van der Waals surface area (Å²) in [5.74, 6) is -0.0362. The molecule has 3 aromatic rings. The van der Waals surface area contributed by atoms with E-state index in [2.05, 4.69) is 10.1 Å². The number of hydrogen-bond donors (Lipinski definition) is 0. The van der Waals surface area contributed by atoms with Crippen molar-refractivity contribution in [2.24, 2.45) is 0 Å². The van der Waals surface area contributed by atoms with E-state index < -0.39 is 16.0 Å². The average Bonchev–Trinajstić information content (AvgIpc) is 3.29. The zero-order chi connectivity index (χ0) is 21.5. The molecular weight excluding hydrogens is 430 g/mol. The molecule has 4 rings (SSSR count). The fraction of sp³-hybridized carbons (Fsp3) is 0.250. The van der Waals surface area contributed by atoms with Crippen molar-refractivity contribution in [3.05, 3.63) is 64.5 Å². The topological polar surface area (TPSA) is 103 Å². The van der Waals surface area contributed by atoms with Crippen molar-refractivity contribution < 1.29 is 22.5 Å². The molecule has 156 valence electrons. The van der Waals surface area contributed by atoms with Gasteiger partial charge in [0.2, 0.25) is 15.8 Å². The summed E-state index contributed by atoms with van der Waals surface area (Å²) in [6.07, 6.45) is 1.70. The molecule has 2 aromatic carbocycles. The maximum Gasteiger partial charge on any atom is 0.338 e. The van der Waals surface area contributed by atoms with E-state index >= 15 is 0 Å². The molecule has 0 aliphatic carbocycles. The van der Waals surface area contributed by atoms with Crippen LogP contribution in [0.1, 0.15) is 28.7 Å². The molecule has 2 heterocycles. The van der Waals surface area contributed by atoms with Gasteiger partial charge in [-0.05, 0) is 61.4 Å². The number of esters is 1. The average molecular weight is 448 g/mol. The normalized spacial score (nSPS) is 15.8. The van der Waals surface area contributed by atoms with E-state index in [1.807, 2.05) is 6.92 Å². The number of nitrogens with zero attached hydrogens (tertiary/aromatic N) is 3. The van der Waals surface area contributed by atoms with E-state index in [0.29, 0.717) is 28.5 Å². The van der Waals surface area contributed by atoms with E-state index in [1.54, 1.807) is 42.5 Å². The molecule has 0 fully saturated rings. The minimum absolute atomic E-state index is 0.159. The summed E-state index contributed by atoms with van der Waals surface area (Å²) >= 11 is 5.87. The van der Waals surface area contributed by atoms with Crippen LogP contribution >= 0.6 is 11.6 Å². The van der Waals surface area contributed by atoms with Gasteiger partial charge in [0.05, 0.1) is 17.5 Å². The summed E-state index contributed by atoms with van der Waals surface area (Å²) in [5.41, 5.74) is 2.42. The minimum atomic E-state index is -3.39. The highest BCUT2D eigenvalue weighted by molar-refractivity contribution is 7.92. The first-order valence-corrected chi connectivity index (χ1v) is 11.3. The van der Waals surface area contributed by atoms with Crippen LogP contribution in [0.25, 0.3) is 11.4 Å². The van der Waals surface area contributed by atoms with Gasteiger partial charge < -0.3 is 9.26 Å². The molecule has 0 spiro atoms. The Morgan fingerprint density at radius 2 is 2.00 bits per heavy atom. The second kappa shape index (κ2) is 7.73. The highest BCUT2D eigenvalue weighted by atomic mass is 35.5. The zero-order valence-corrected chi connectivity index (χ0v) is 17.8. The van der Waals surface area contributed by atoms with Gasteiger partial charge in [-0.15, -0.1) is 0 Å². The molecule has 1 aliphatic rings. The zero-order valence-electron chi connectivity index (χ0n) is 16.2. The van der Waals surface area contributed by atoms with Gasteiger partial charge in [0, 0.05) is 16.6 Å². The monoisotopic (exact) mass is 447 g/mol. The van der Waals surface area contributed by atoms with E-state index in [-0.39, 0.29) is 18.5 Å². The summed E-state index contributed by atoms with van der Waals surface area (Å²) in [6, 6.07) is 11.6. The lowest BCUT2D eigenvalue weighted by Crippen LogP contribution is -2.34. The molecule has 1 aliphatic heterocycles. The number of halogens is 1. The number of anilines is 1. The Balaban J connectivity index is 1.44. The van der Waals surface area contributed by atoms with Gasteiger partial charge in [0.15, 0.2) is 6.61 Å². The highest BCUT2D eigenvalue weighted by Crippen LogP contribution is 2.34. The summed E-state index contributed by atoms with van der Waals surface area (Å²) in [7, 11) is -3.39. The molecule has 0 amide bonds. The summed E-state index contributed by atoms with van der Waals surface area (Å²) < 4.78 is 35.8. The Morgan fingerprint density at radius 3 is 2.70 bits per heavy atom. The van der Waals surface area contributed by atoms with Gasteiger partial charge >= 0.3 is 5.97 Å². The molecule has 8 nitrogen and oxygen atoms in total. The summed E-state index contributed by atoms with van der Waals surface area (Å²) in [6.45, 7) is 1.65. The van der Waals surface area contributed by atoms with Gasteiger partial charge in [-0.25, -0.2) is 13.2 Å². The van der Waals surface area contributed by atoms with Crippen LogP contribution in [-0.4, -0.2) is 36.8 Å². The van der Waals surface area contributed by atoms with E-state index in [1.165, 1.54) is 10.6 Å². The van der Waals surface area contributed by atoms with Crippen LogP contribution in [0.4, 0.5) is 5.69 Å². The van der Waals surface area contributed by atoms with Crippen LogP contribution in [0.2, 0.25) is 5.02 Å². The third-order valence-electron chi connectivity index (χ3n) is 4.72. The van der Waals surface area contributed by atoms with Gasteiger partial charge in [-0.3, -0.25) is 4.31 Å². The van der Waals surface area contributed by atoms with E-state index in [4.69, 9.17) is 20.9 Å². The summed E-state index contributed by atoms with van der Waals surface area (Å²) in [4.78, 5) is 16.6. The van der Waals surface area contributed by atoms with Gasteiger partial charge in [0.1, 0.15) is 0 Å². The largest absolute Gasteiger partial charge is 0.452 e. The van der Waals surface area contributed by atoms with Crippen LogP contribution < -0.4 is 4.31 Å². The number of rotatable bonds is 5. The molecule has 1 unspecified atom stereocenters. The second-order valence-corrected chi connectivity index (χ2v) is 9.35. The molecular formula is C20H18ClN3O5S. The fourth-order valence-electron chi connectivity index (χ4n) is 3.48. The SMILES string of the molecule is CC1Cc2cc(C(=O)OCc3nc(-c4ccc(Cl)cc4)no3)ccc2N1S(C)(=O)=O. The van der Waals surface area contributed by atoms with Crippen molar-refractivity contribution in [2.45, 2.75) is 26.0 Å². The number of carbonyl (C=O) groups is 1. The molecule has 1 aromatic heterocycles. The standard InChI is InChI=1S/C20H18ClN3O5S/c1-12-9-15-10-14(5-8-17(15)24(12)30(2,26)27)20(25)28-11-18-22-19(23-29-18)13-3-6-16(21)7-4-13/h3-8,10,12H,9,11H2,1-2H3. The fourth-order valence-corrected chi connectivity index (χ4v) is 4.87. The molecule has 0 radical (unpaired) electrons. The molecule has 0 saturated carbocycles. The lowest BCUT2D eigenvalue weighted by atomic mass is 10.1. The maximum atomic E-state index is 12.4. The predicted molar refractivity (Wildman–Crippen MR) is 111 cm³/mol. The van der Waals surface area contributed by atoms with Crippen LogP contribution in [-0.2, 0) is 27.8 Å². The Hall–Kier alpha value is -2.91. The van der Waals surface area contributed by atoms with Crippen molar-refractivity contribution in [3.63, 3.8) is 0 Å². The van der Waals surface area contributed by atoms with Crippen LogP contribution in [0.5, 0.6) is 0 Å². The quantitative estimate of drug-likeness (QED) is 0.552. The molecule has 30 heavy (non-hydrogen) atoms. The lowest BCUT2D eigenvalue weighted by molar-refractivity contribution is 0.0429. The minimum Gasteiger partial charge on any atom is -0.452 e. The molecule has 0 saturated heterocycles. The second-order valence-electron chi connectivity index (χ2n) is 7.05. The smallest absolute Gasteiger partial charge is 0.338 e. The number of benzene rings is 2. The van der Waals surface area contributed by atoms with Gasteiger partial charge in [-0.1, -0.05) is 16.8 Å². The molecule has 1 atom stereocenters. The van der Waals surface area contributed by atoms with Crippen LogP contribution in [0.3, 0.4) is 0 Å². The third-order valence-corrected chi connectivity index (χ3v) is 6.25. The molecule has 0 bridgehead atoms. The lowest BCUT2D eigenvalue weighted by Gasteiger charge is -2.21. The van der Waals surface area contributed by atoms with Crippen molar-refractivity contribution in [2.75, 3.05) is 10.6 Å². The Morgan fingerprint density at radius 1 is 1.27 bits per heavy atom. The molecule has 10 heteroatoms. The van der Waals surface area contributed by atoms with Crippen LogP contribution in [0.15, 0.2) is 47.0 Å². The van der Waals surface area contributed by atoms with Gasteiger partial charge in [-0.2, -0.15) is 4.98 Å². The number of sulfonamides is 1.